The molecule has 1 aromatic rings. The van der Waals surface area contributed by atoms with Crippen molar-refractivity contribution in [3.05, 3.63) is 48.0 Å². The van der Waals surface area contributed by atoms with Crippen molar-refractivity contribution in [3.8, 4) is 0 Å². The van der Waals surface area contributed by atoms with Gasteiger partial charge in [-0.15, -0.1) is 0 Å². The number of allylic oxidation sites excluding steroid dienone is 2. The number of ether oxygens (including phenoxy) is 1. The maximum absolute atomic E-state index is 12.2. The van der Waals surface area contributed by atoms with Crippen molar-refractivity contribution < 1.29 is 9.53 Å². The summed E-state index contributed by atoms with van der Waals surface area (Å²) in [5.41, 5.74) is 1.11. The summed E-state index contributed by atoms with van der Waals surface area (Å²) >= 11 is 0. The summed E-state index contributed by atoms with van der Waals surface area (Å²) < 4.78 is 5.75. The number of benzene rings is 1. The van der Waals surface area contributed by atoms with Gasteiger partial charge in [0.15, 0.2) is 0 Å². The number of rotatable bonds is 19. The topological polar surface area (TPSA) is 26.3 Å². The predicted molar refractivity (Wildman–Crippen MR) is 130 cm³/mol. The lowest BCUT2D eigenvalue weighted by Gasteiger charge is -2.17. The Bertz CT molecular complexity index is 535. The first kappa shape index (κ1) is 26.5. The fourth-order valence-electron chi connectivity index (χ4n) is 3.78. The minimum atomic E-state index is -0.0909. The van der Waals surface area contributed by atoms with Gasteiger partial charge in [0.05, 0.1) is 0 Å². The van der Waals surface area contributed by atoms with Gasteiger partial charge in [-0.25, -0.2) is 0 Å². The van der Waals surface area contributed by atoms with E-state index in [4.69, 9.17) is 4.74 Å². The van der Waals surface area contributed by atoms with Gasteiger partial charge in [-0.3, -0.25) is 4.79 Å². The molecule has 1 unspecified atom stereocenters. The van der Waals surface area contributed by atoms with E-state index in [0.717, 1.165) is 31.2 Å². The highest BCUT2D eigenvalue weighted by Gasteiger charge is 2.15. The number of carbonyl (C=O) groups excluding carboxylic acids is 1. The lowest BCUT2D eigenvalue weighted by Crippen LogP contribution is -2.11. The van der Waals surface area contributed by atoms with Crippen LogP contribution in [0.25, 0.3) is 0 Å². The molecule has 0 radical (unpaired) electrons. The molecule has 0 fully saturated rings. The maximum atomic E-state index is 12.2. The van der Waals surface area contributed by atoms with Gasteiger partial charge in [-0.2, -0.15) is 0 Å². The molecule has 30 heavy (non-hydrogen) atoms. The van der Waals surface area contributed by atoms with Crippen molar-refractivity contribution in [1.29, 1.82) is 0 Å². The van der Waals surface area contributed by atoms with Crippen LogP contribution in [0, 0.1) is 0 Å². The van der Waals surface area contributed by atoms with Crippen molar-refractivity contribution in [3.63, 3.8) is 0 Å². The highest BCUT2D eigenvalue weighted by molar-refractivity contribution is 5.69. The van der Waals surface area contributed by atoms with Gasteiger partial charge in [-0.1, -0.05) is 114 Å². The second-order valence-corrected chi connectivity index (χ2v) is 8.51. The molecule has 0 spiro atoms. The van der Waals surface area contributed by atoms with Crippen LogP contribution in [-0.4, -0.2) is 5.97 Å². The van der Waals surface area contributed by atoms with Crippen LogP contribution in [0.2, 0.25) is 0 Å². The smallest absolute Gasteiger partial charge is 0.306 e. The van der Waals surface area contributed by atoms with Crippen LogP contribution in [0.3, 0.4) is 0 Å². The van der Waals surface area contributed by atoms with E-state index < -0.39 is 0 Å². The van der Waals surface area contributed by atoms with E-state index in [2.05, 4.69) is 38.1 Å². The molecule has 170 valence electrons. The summed E-state index contributed by atoms with van der Waals surface area (Å²) in [5.74, 6) is -0.0464. The third-order valence-corrected chi connectivity index (χ3v) is 5.64. The molecule has 2 heteroatoms. The molecule has 1 atom stereocenters. The first-order valence-electron chi connectivity index (χ1n) is 12.7. The summed E-state index contributed by atoms with van der Waals surface area (Å²) in [6.07, 6.45) is 23.6. The molecule has 0 aromatic heterocycles. The molecular weight excluding hydrogens is 368 g/mol. The lowest BCUT2D eigenvalue weighted by atomic mass is 10.1. The van der Waals surface area contributed by atoms with Gasteiger partial charge in [0.1, 0.15) is 6.10 Å². The number of carbonyl (C=O) groups is 1. The summed E-state index contributed by atoms with van der Waals surface area (Å²) in [6, 6.07) is 10.1. The molecule has 0 N–H and O–H groups in total. The Morgan fingerprint density at radius 2 is 1.33 bits per heavy atom. The van der Waals surface area contributed by atoms with E-state index >= 15 is 0 Å². The molecule has 1 rings (SSSR count). The maximum Gasteiger partial charge on any atom is 0.306 e. The van der Waals surface area contributed by atoms with Gasteiger partial charge in [0.25, 0.3) is 0 Å². The van der Waals surface area contributed by atoms with Crippen molar-refractivity contribution in [2.24, 2.45) is 0 Å². The first-order valence-corrected chi connectivity index (χ1v) is 12.7. The molecule has 0 amide bonds. The zero-order valence-electron chi connectivity index (χ0n) is 19.7. The minimum absolute atomic E-state index is 0.0464. The summed E-state index contributed by atoms with van der Waals surface area (Å²) in [4.78, 5) is 12.2. The van der Waals surface area contributed by atoms with Crippen LogP contribution >= 0.6 is 0 Å². The third-order valence-electron chi connectivity index (χ3n) is 5.64. The number of hydrogen-bond donors (Lipinski definition) is 0. The van der Waals surface area contributed by atoms with Gasteiger partial charge in [-0.05, 0) is 44.1 Å². The van der Waals surface area contributed by atoms with Crippen LogP contribution in [0.1, 0.15) is 128 Å². The Morgan fingerprint density at radius 3 is 1.93 bits per heavy atom. The van der Waals surface area contributed by atoms with Gasteiger partial charge in [0, 0.05) is 6.42 Å². The summed E-state index contributed by atoms with van der Waals surface area (Å²) in [7, 11) is 0. The van der Waals surface area contributed by atoms with Gasteiger partial charge >= 0.3 is 5.97 Å². The highest BCUT2D eigenvalue weighted by Crippen LogP contribution is 2.23. The Balaban J connectivity index is 1.98. The van der Waals surface area contributed by atoms with Gasteiger partial charge < -0.3 is 4.74 Å². The second kappa shape index (κ2) is 19.4. The Morgan fingerprint density at radius 1 is 0.767 bits per heavy atom. The first-order chi connectivity index (χ1) is 14.8. The fourth-order valence-corrected chi connectivity index (χ4v) is 3.78. The molecule has 0 heterocycles. The monoisotopic (exact) mass is 414 g/mol. The number of unbranched alkanes of at least 4 members (excludes halogenated alkanes) is 11. The van der Waals surface area contributed by atoms with Crippen LogP contribution in [0.15, 0.2) is 42.5 Å². The molecule has 0 aliphatic carbocycles. The second-order valence-electron chi connectivity index (χ2n) is 8.51. The molecule has 0 saturated heterocycles. The zero-order chi connectivity index (χ0) is 21.7. The van der Waals surface area contributed by atoms with E-state index in [1.54, 1.807) is 0 Å². The Kier molecular flexibility index (Phi) is 17.1. The van der Waals surface area contributed by atoms with Crippen molar-refractivity contribution in [2.75, 3.05) is 0 Å². The van der Waals surface area contributed by atoms with Crippen LogP contribution < -0.4 is 0 Å². The lowest BCUT2D eigenvalue weighted by molar-refractivity contribution is -0.150. The van der Waals surface area contributed by atoms with Crippen LogP contribution in [0.4, 0.5) is 0 Å². The quantitative estimate of drug-likeness (QED) is 0.128. The zero-order valence-corrected chi connectivity index (χ0v) is 19.7. The number of esters is 1. The van der Waals surface area contributed by atoms with E-state index in [1.165, 1.54) is 70.6 Å². The van der Waals surface area contributed by atoms with E-state index in [0.29, 0.717) is 6.42 Å². The van der Waals surface area contributed by atoms with Crippen molar-refractivity contribution in [1.82, 2.24) is 0 Å². The molecule has 0 saturated carbocycles. The molecule has 0 bridgehead atoms. The Labute approximate surface area is 186 Å². The van der Waals surface area contributed by atoms with Crippen molar-refractivity contribution in [2.45, 2.75) is 123 Å². The summed E-state index contributed by atoms with van der Waals surface area (Å²) in [5, 5.41) is 0. The summed E-state index contributed by atoms with van der Waals surface area (Å²) in [6.45, 7) is 4.40. The molecule has 0 aliphatic rings. The van der Waals surface area contributed by atoms with E-state index in [-0.39, 0.29) is 12.1 Å². The highest BCUT2D eigenvalue weighted by atomic mass is 16.5. The average Bonchev–Trinajstić information content (AvgIpc) is 2.76. The fraction of sp³-hybridized carbons (Fsp3) is 0.679. The largest absolute Gasteiger partial charge is 0.457 e. The average molecular weight is 415 g/mol. The molecule has 1 aromatic carbocycles. The normalized spacial score (nSPS) is 12.3. The standard InChI is InChI=1S/C28H46O2/c1-3-5-6-7-8-9-10-11-12-13-14-15-16-17-21-25-28(29)30-27(22-4-2)26-23-19-18-20-24-26/h11-12,18-20,23-24,27H,3-10,13-17,21-22,25H2,1-2H3/b12-11-. The minimum Gasteiger partial charge on any atom is -0.457 e. The molecule has 2 nitrogen and oxygen atoms in total. The van der Waals surface area contributed by atoms with Gasteiger partial charge in [0.2, 0.25) is 0 Å². The molecular formula is C28H46O2. The van der Waals surface area contributed by atoms with E-state index in [9.17, 15) is 4.79 Å². The predicted octanol–water partition coefficient (Wildman–Crippen LogP) is 9.11. The van der Waals surface area contributed by atoms with Crippen LogP contribution in [-0.2, 0) is 9.53 Å². The van der Waals surface area contributed by atoms with Crippen LogP contribution in [0.5, 0.6) is 0 Å². The van der Waals surface area contributed by atoms with E-state index in [1.807, 2.05) is 18.2 Å². The third kappa shape index (κ3) is 14.4. The SMILES string of the molecule is CCCCCCCC/C=C\CCCCCCCC(=O)OC(CCC)c1ccccc1. The number of hydrogen-bond acceptors (Lipinski definition) is 2. The molecule has 0 aliphatic heterocycles. The Hall–Kier alpha value is -1.57. The van der Waals surface area contributed by atoms with Crippen molar-refractivity contribution >= 4 is 5.97 Å².